The molecule has 143 heavy (non-hydrogen) atoms. The third-order valence-electron chi connectivity index (χ3n) is 25.6. The second-order valence-corrected chi connectivity index (χ2v) is 43.9. The van der Waals surface area contributed by atoms with Gasteiger partial charge in [0, 0.05) is 168 Å². The van der Waals surface area contributed by atoms with Crippen LogP contribution in [0.25, 0.3) is 0 Å². The number of benzene rings is 8. The van der Waals surface area contributed by atoms with E-state index in [2.05, 4.69) is 151 Å². The van der Waals surface area contributed by atoms with Crippen LogP contribution >= 0.6 is 34.8 Å². The molecular formula is C107H132Cl3N21O10S2. The third-order valence-corrected chi connectivity index (χ3v) is 31.1. The van der Waals surface area contributed by atoms with Crippen molar-refractivity contribution < 1.29 is 45.4 Å². The Hall–Kier alpha value is -12.4. The highest BCUT2D eigenvalue weighted by molar-refractivity contribution is 7.92. The van der Waals surface area contributed by atoms with Gasteiger partial charge in [-0.3, -0.25) is 9.59 Å². The van der Waals surface area contributed by atoms with Crippen LogP contribution in [-0.4, -0.2) is 259 Å². The molecule has 4 saturated heterocycles. The zero-order chi connectivity index (χ0) is 102. The highest BCUT2D eigenvalue weighted by atomic mass is 35.5. The molecule has 758 valence electrons. The summed E-state index contributed by atoms with van der Waals surface area (Å²) in [5, 5.41) is 20.7. The first kappa shape index (κ1) is 108. The molecule has 0 spiro atoms. The van der Waals surface area contributed by atoms with Crippen molar-refractivity contribution >= 4 is 124 Å². The summed E-state index contributed by atoms with van der Waals surface area (Å²) in [7, 11) is 11.3. The smallest absolute Gasteiger partial charge is 0.251 e. The minimum atomic E-state index is -3.31. The number of rotatable bonds is 31. The van der Waals surface area contributed by atoms with E-state index in [9.17, 15) is 26.4 Å². The van der Waals surface area contributed by atoms with Crippen molar-refractivity contribution in [3.05, 3.63) is 294 Å². The van der Waals surface area contributed by atoms with Crippen LogP contribution in [0, 0.1) is 20.8 Å². The number of carbonyl (C=O) groups is 2. The molecule has 4 aromatic heterocycles. The van der Waals surface area contributed by atoms with Gasteiger partial charge in [-0.2, -0.15) is 0 Å². The fourth-order valence-corrected chi connectivity index (χ4v) is 19.0. The number of sulfone groups is 1. The average Bonchev–Trinajstić information content (AvgIpc) is 0.815. The number of halogens is 3. The van der Waals surface area contributed by atoms with Gasteiger partial charge in [0.1, 0.15) is 33.0 Å². The largest absolute Gasteiger partial charge is 0.495 e. The van der Waals surface area contributed by atoms with Crippen LogP contribution in [0.3, 0.4) is 0 Å². The number of anilines is 10. The first-order chi connectivity index (χ1) is 68.4. The molecule has 12 aromatic rings. The lowest BCUT2D eigenvalue weighted by molar-refractivity contribution is 0.0908. The number of aromatic nitrogens is 8. The quantitative estimate of drug-likeness (QED) is 0.0235. The van der Waals surface area contributed by atoms with Gasteiger partial charge in [-0.05, 0) is 293 Å². The van der Waals surface area contributed by atoms with Crippen molar-refractivity contribution in [1.82, 2.24) is 74.4 Å². The summed E-state index contributed by atoms with van der Waals surface area (Å²) in [5.74, 6) is 4.04. The van der Waals surface area contributed by atoms with Crippen molar-refractivity contribution in [2.45, 2.75) is 121 Å². The highest BCUT2D eigenvalue weighted by Crippen LogP contribution is 2.39. The van der Waals surface area contributed by atoms with E-state index in [0.29, 0.717) is 104 Å². The van der Waals surface area contributed by atoms with E-state index < -0.39 is 24.6 Å². The zero-order valence-electron chi connectivity index (χ0n) is 84.4. The van der Waals surface area contributed by atoms with Crippen LogP contribution in [-0.2, 0) is 57.0 Å². The lowest BCUT2D eigenvalue weighted by Crippen LogP contribution is -2.44. The molecule has 0 unspecified atom stereocenters. The van der Waals surface area contributed by atoms with Crippen molar-refractivity contribution in [2.75, 3.05) is 180 Å². The monoisotopic (exact) mass is 2040 g/mol. The SMILES string of the molecule is COc1cc(Cc2nc(Nc3ccc(C(=O)NC4CCN(C)CC4)cc3)ncc2C)cc(OC)c1Cl.COc1cc(Cc2nc(Nc3ccc(N4CCN(C)CC4)cc3)ncc2Cl)cc(OC)c1Cl.Cc1cnc(Nc2ccc(C(=O)NC3CCN(C)CC3)cc2)nc1Cc1cccc(CS(=O)(=O)C(C)(C)C)c1.Cc1cnc(Nc2ccc(N3CCN(C)CC3)cc2)nc1Cc1cccc(CS(=O)(=O)N(C)C)c1. The number of piperidine rings is 2. The summed E-state index contributed by atoms with van der Waals surface area (Å²) < 4.78 is 71.8. The Bertz CT molecular complexity index is 6490. The number of hydrogen-bond acceptors (Lipinski definition) is 28. The standard InChI is InChI=1S/C30H39N5O3S.C27H32ClN5O3.C26H34N6O2S.C24H27Cl2N5O2/c1-21-19-31-29(33-25-11-9-24(10-12-25)28(36)32-26-13-15-35(5)16-14-26)34-27(21)18-22-7-6-8-23(17-22)20-39(37,38)30(2,3)4;1-17-16-29-27(32-22(17)13-18-14-23(35-3)25(28)24(15-18)36-4)31-20-7-5-19(6-8-20)26(34)30-21-9-11-33(2)12-10-21;1-20-18-27-26(28-23-8-10-24(11-9-23)32-14-12-31(4)13-15-32)29-25(20)17-21-6-5-7-22(16-21)19-35(33,34)30(2)3;1-30-8-10-31(11-9-30)18-6-4-17(5-7-18)28-24-27-15-19(25)20(29-24)12-16-13-21(32-2)23(26)22(14-16)33-3/h6-12,17,19,26H,13-16,18,20H2,1-5H3,(H,32,36)(H,31,33,34);5-8,14-16,21H,9-13H2,1-4H3,(H,30,34)(H,29,31,32);5-11,16,18H,12-15,17,19H2,1-4H3,(H,27,28,29);4-7,13-15H,8-12H2,1-3H3,(H,27,28,29). The molecule has 31 nitrogen and oxygen atoms in total. The molecule has 8 heterocycles. The molecule has 0 atom stereocenters. The van der Waals surface area contributed by atoms with Gasteiger partial charge in [0.25, 0.3) is 11.8 Å². The zero-order valence-corrected chi connectivity index (χ0v) is 88.3. The lowest BCUT2D eigenvalue weighted by Gasteiger charge is -2.34. The van der Waals surface area contributed by atoms with Gasteiger partial charge in [0.2, 0.25) is 33.8 Å². The van der Waals surface area contributed by atoms with E-state index >= 15 is 0 Å². The first-order valence-electron chi connectivity index (χ1n) is 47.8. The molecule has 16 rings (SSSR count). The van der Waals surface area contributed by atoms with E-state index in [4.69, 9.17) is 68.7 Å². The van der Waals surface area contributed by atoms with Crippen molar-refractivity contribution in [3.63, 3.8) is 0 Å². The van der Waals surface area contributed by atoms with E-state index in [-0.39, 0.29) is 35.4 Å². The van der Waals surface area contributed by atoms with Gasteiger partial charge in [0.15, 0.2) is 9.84 Å². The van der Waals surface area contributed by atoms with Gasteiger partial charge in [0.05, 0.1) is 78.7 Å². The van der Waals surface area contributed by atoms with Crippen molar-refractivity contribution in [2.24, 2.45) is 0 Å². The van der Waals surface area contributed by atoms with Crippen LogP contribution in [0.1, 0.15) is 140 Å². The van der Waals surface area contributed by atoms with E-state index in [1.165, 1.54) is 15.7 Å². The molecule has 0 saturated carbocycles. The first-order valence-corrected chi connectivity index (χ1v) is 52.2. The minimum absolute atomic E-state index is 0.00587. The fourth-order valence-electron chi connectivity index (χ4n) is 16.4. The number of ether oxygens (including phenoxy) is 4. The topological polar surface area (TPSA) is 337 Å². The van der Waals surface area contributed by atoms with E-state index in [1.54, 1.807) is 94.0 Å². The number of aryl methyl sites for hydroxylation is 3. The second kappa shape index (κ2) is 50.2. The molecule has 6 N–H and O–H groups in total. The molecular weight excluding hydrogens is 1910 g/mol. The molecule has 8 aromatic carbocycles. The summed E-state index contributed by atoms with van der Waals surface area (Å²) in [5.41, 5.74) is 18.8. The van der Waals surface area contributed by atoms with Gasteiger partial charge < -0.3 is 80.2 Å². The molecule has 2 amide bonds. The maximum atomic E-state index is 12.7. The van der Waals surface area contributed by atoms with Crippen LogP contribution in [0.15, 0.2) is 195 Å². The Morgan fingerprint density at radius 3 is 1.01 bits per heavy atom. The third kappa shape index (κ3) is 31.1. The summed E-state index contributed by atoms with van der Waals surface area (Å²) in [6.07, 6.45) is 13.1. The summed E-state index contributed by atoms with van der Waals surface area (Å²) in [6, 6.07) is 54.6. The summed E-state index contributed by atoms with van der Waals surface area (Å²) in [6.45, 7) is 23.6. The van der Waals surface area contributed by atoms with Gasteiger partial charge in [-0.1, -0.05) is 83.3 Å². The number of sulfonamides is 1. The molecule has 0 bridgehead atoms. The number of nitrogens with one attached hydrogen (secondary N) is 6. The Labute approximate surface area is 856 Å². The van der Waals surface area contributed by atoms with Gasteiger partial charge in [-0.25, -0.2) is 61.0 Å². The second-order valence-electron chi connectivity index (χ2n) is 37.8. The van der Waals surface area contributed by atoms with E-state index in [1.807, 2.05) is 148 Å². The number of likely N-dealkylation sites (N-methyl/N-ethyl adjacent to an activating group) is 2. The Morgan fingerprint density at radius 1 is 0.385 bits per heavy atom. The number of piperazine rings is 2. The number of carbonyl (C=O) groups excluding carboxylic acids is 2. The number of likely N-dealkylation sites (tertiary alicyclic amines) is 2. The van der Waals surface area contributed by atoms with Crippen LogP contribution in [0.5, 0.6) is 23.0 Å². The van der Waals surface area contributed by atoms with E-state index in [0.717, 1.165) is 194 Å². The number of methoxy groups -OCH3 is 4. The van der Waals surface area contributed by atoms with Crippen LogP contribution in [0.4, 0.5) is 57.9 Å². The Morgan fingerprint density at radius 2 is 0.678 bits per heavy atom. The van der Waals surface area contributed by atoms with Gasteiger partial charge >= 0.3 is 0 Å². The predicted octanol–water partition coefficient (Wildman–Crippen LogP) is 17.4. The molecule has 4 aliphatic heterocycles. The molecule has 4 fully saturated rings. The molecule has 4 aliphatic rings. The van der Waals surface area contributed by atoms with Crippen LogP contribution < -0.4 is 60.6 Å². The Kier molecular flexibility index (Phi) is 37.9. The summed E-state index contributed by atoms with van der Waals surface area (Å²) in [4.78, 5) is 75.8. The maximum absolute atomic E-state index is 12.7. The van der Waals surface area contributed by atoms with Crippen LogP contribution in [0.2, 0.25) is 15.1 Å². The molecule has 0 radical (unpaired) electrons. The predicted molar refractivity (Wildman–Crippen MR) is 574 cm³/mol. The fraction of sp³-hybridized carbons (Fsp3) is 0.383. The normalized spacial score (nSPS) is 14.7. The maximum Gasteiger partial charge on any atom is 0.251 e. The average molecular weight is 2040 g/mol. The van der Waals surface area contributed by atoms with Crippen molar-refractivity contribution in [1.29, 1.82) is 0 Å². The number of hydrogen-bond donors (Lipinski definition) is 6. The minimum Gasteiger partial charge on any atom is -0.495 e. The van der Waals surface area contributed by atoms with Gasteiger partial charge in [-0.15, -0.1) is 0 Å². The Balaban J connectivity index is 0.000000160. The van der Waals surface area contributed by atoms with Crippen molar-refractivity contribution in [3.8, 4) is 23.0 Å². The lowest BCUT2D eigenvalue weighted by atomic mass is 10.0. The molecule has 0 aliphatic carbocycles. The summed E-state index contributed by atoms with van der Waals surface area (Å²) >= 11 is 19.0. The highest BCUT2D eigenvalue weighted by Gasteiger charge is 2.30. The molecule has 36 heteroatoms. The number of nitrogens with zero attached hydrogens (tertiary/aromatic N) is 15. The number of amides is 2.